The Balaban J connectivity index is 1.70. The van der Waals surface area contributed by atoms with E-state index in [4.69, 9.17) is 0 Å². The Labute approximate surface area is 119 Å². The largest absolute Gasteiger partial charge is 0.292 e. The van der Waals surface area contributed by atoms with Crippen LogP contribution in [0.4, 0.5) is 4.39 Å². The van der Waals surface area contributed by atoms with E-state index in [1.165, 1.54) is 12.1 Å². The van der Waals surface area contributed by atoms with E-state index < -0.39 is 0 Å². The second kappa shape index (κ2) is 5.43. The molecule has 0 saturated heterocycles. The number of carbonyl (C=O) groups is 1. The van der Waals surface area contributed by atoms with Crippen molar-refractivity contribution >= 4 is 28.9 Å². The molecule has 1 aliphatic rings. The van der Waals surface area contributed by atoms with Gasteiger partial charge in [0.1, 0.15) is 16.5 Å². The first-order valence-corrected chi connectivity index (χ1v) is 7.93. The Bertz CT molecular complexity index is 606. The third-order valence-corrected chi connectivity index (χ3v) is 5.31. The van der Waals surface area contributed by atoms with Crippen molar-refractivity contribution < 1.29 is 9.18 Å². The van der Waals surface area contributed by atoms with E-state index in [0.29, 0.717) is 12.1 Å². The average molecular weight is 293 g/mol. The molecule has 5 heteroatoms. The van der Waals surface area contributed by atoms with Crippen molar-refractivity contribution in [2.45, 2.75) is 29.9 Å². The van der Waals surface area contributed by atoms with Crippen LogP contribution in [0.15, 0.2) is 29.2 Å². The van der Waals surface area contributed by atoms with Crippen LogP contribution in [-0.4, -0.2) is 10.8 Å². The topological polar surface area (TPSA) is 30.0 Å². The van der Waals surface area contributed by atoms with Gasteiger partial charge >= 0.3 is 0 Å². The van der Waals surface area contributed by atoms with E-state index in [2.05, 4.69) is 4.98 Å². The number of nitrogens with zero attached hydrogens (tertiary/aromatic N) is 1. The zero-order valence-electron chi connectivity index (χ0n) is 10.2. The summed E-state index contributed by atoms with van der Waals surface area (Å²) in [6.45, 7) is 0. The average Bonchev–Trinajstić information content (AvgIpc) is 2.83. The Morgan fingerprint density at radius 1 is 1.26 bits per heavy atom. The molecule has 0 saturated carbocycles. The fraction of sp³-hybridized carbons (Fsp3) is 0.286. The number of fused-ring (bicyclic) bond motifs is 1. The predicted octanol–water partition coefficient (Wildman–Crippen LogP) is 4.09. The SMILES string of the molecule is O=C1CCCc2sc(CSc3ccc(F)cc3)nc21. The van der Waals surface area contributed by atoms with Crippen LogP contribution in [0, 0.1) is 5.82 Å². The first-order chi connectivity index (χ1) is 9.22. The molecule has 0 fully saturated rings. The van der Waals surface area contributed by atoms with Gasteiger partial charge in [0.25, 0.3) is 0 Å². The summed E-state index contributed by atoms with van der Waals surface area (Å²) >= 11 is 3.25. The maximum Gasteiger partial charge on any atom is 0.182 e. The molecule has 19 heavy (non-hydrogen) atoms. The first kappa shape index (κ1) is 12.8. The van der Waals surface area contributed by atoms with Crippen molar-refractivity contribution in [3.63, 3.8) is 0 Å². The van der Waals surface area contributed by atoms with Gasteiger partial charge in [-0.2, -0.15) is 0 Å². The summed E-state index contributed by atoms with van der Waals surface area (Å²) in [6.07, 6.45) is 2.54. The van der Waals surface area contributed by atoms with Gasteiger partial charge in [0.2, 0.25) is 0 Å². The maximum absolute atomic E-state index is 12.8. The van der Waals surface area contributed by atoms with Crippen molar-refractivity contribution in [2.24, 2.45) is 0 Å². The lowest BCUT2D eigenvalue weighted by atomic mass is 10.0. The minimum atomic E-state index is -0.223. The number of thioether (sulfide) groups is 1. The minimum absolute atomic E-state index is 0.176. The van der Waals surface area contributed by atoms with Crippen LogP contribution in [0.25, 0.3) is 0 Å². The molecule has 0 aliphatic heterocycles. The number of thiazole rings is 1. The summed E-state index contributed by atoms with van der Waals surface area (Å²) in [6, 6.07) is 6.44. The molecular formula is C14H12FNOS2. The smallest absolute Gasteiger partial charge is 0.182 e. The number of ketones is 1. The lowest BCUT2D eigenvalue weighted by Crippen LogP contribution is -2.08. The van der Waals surface area contributed by atoms with Gasteiger partial charge < -0.3 is 0 Å². The Kier molecular flexibility index (Phi) is 3.66. The molecule has 1 aromatic carbocycles. The molecule has 0 N–H and O–H groups in total. The Morgan fingerprint density at radius 3 is 2.79 bits per heavy atom. The van der Waals surface area contributed by atoms with Crippen LogP contribution in [0.3, 0.4) is 0 Å². The quantitative estimate of drug-likeness (QED) is 0.798. The van der Waals surface area contributed by atoms with Crippen LogP contribution >= 0.6 is 23.1 Å². The number of hydrogen-bond donors (Lipinski definition) is 0. The van der Waals surface area contributed by atoms with E-state index in [1.54, 1.807) is 35.2 Å². The summed E-state index contributed by atoms with van der Waals surface area (Å²) in [5, 5.41) is 0.981. The molecule has 0 bridgehead atoms. The van der Waals surface area contributed by atoms with Crippen molar-refractivity contribution in [3.05, 3.63) is 45.7 Å². The molecule has 1 aliphatic carbocycles. The van der Waals surface area contributed by atoms with Crippen molar-refractivity contribution in [2.75, 3.05) is 0 Å². The molecule has 0 spiro atoms. The number of halogens is 1. The van der Waals surface area contributed by atoms with E-state index in [9.17, 15) is 9.18 Å². The third-order valence-electron chi connectivity index (χ3n) is 2.99. The van der Waals surface area contributed by atoms with Gasteiger partial charge in [0, 0.05) is 16.2 Å². The summed E-state index contributed by atoms with van der Waals surface area (Å²) in [5.41, 5.74) is 0.686. The lowest BCUT2D eigenvalue weighted by molar-refractivity contribution is 0.0968. The van der Waals surface area contributed by atoms with E-state index >= 15 is 0 Å². The monoisotopic (exact) mass is 293 g/mol. The Hall–Kier alpha value is -1.20. The van der Waals surface area contributed by atoms with Gasteiger partial charge in [0.05, 0.1) is 5.75 Å². The van der Waals surface area contributed by atoms with Crippen molar-refractivity contribution in [1.82, 2.24) is 4.98 Å². The van der Waals surface area contributed by atoms with E-state index in [0.717, 1.165) is 33.4 Å². The highest BCUT2D eigenvalue weighted by Crippen LogP contribution is 2.30. The number of carbonyl (C=O) groups excluding carboxylic acids is 1. The van der Waals surface area contributed by atoms with E-state index in [1.807, 2.05) is 0 Å². The molecule has 98 valence electrons. The van der Waals surface area contributed by atoms with Gasteiger partial charge in [-0.15, -0.1) is 23.1 Å². The molecule has 2 nitrogen and oxygen atoms in total. The van der Waals surface area contributed by atoms with Gasteiger partial charge in [-0.05, 0) is 37.1 Å². The number of rotatable bonds is 3. The number of hydrogen-bond acceptors (Lipinski definition) is 4. The summed E-state index contributed by atoms with van der Waals surface area (Å²) < 4.78 is 12.8. The van der Waals surface area contributed by atoms with Crippen LogP contribution in [0.5, 0.6) is 0 Å². The minimum Gasteiger partial charge on any atom is -0.292 e. The number of Topliss-reactive ketones (excluding diaryl/α,β-unsaturated/α-hetero) is 1. The maximum atomic E-state index is 12.8. The highest BCUT2D eigenvalue weighted by Gasteiger charge is 2.21. The van der Waals surface area contributed by atoms with Crippen LogP contribution in [-0.2, 0) is 12.2 Å². The summed E-state index contributed by atoms with van der Waals surface area (Å²) in [7, 11) is 0. The van der Waals surface area contributed by atoms with Gasteiger partial charge in [-0.1, -0.05) is 0 Å². The molecular weight excluding hydrogens is 281 g/mol. The molecule has 0 radical (unpaired) electrons. The molecule has 2 aromatic rings. The molecule has 1 heterocycles. The number of benzene rings is 1. The van der Waals surface area contributed by atoms with Crippen LogP contribution in [0.1, 0.15) is 33.2 Å². The van der Waals surface area contributed by atoms with Gasteiger partial charge in [-0.3, -0.25) is 4.79 Å². The molecule has 0 amide bonds. The Morgan fingerprint density at radius 2 is 2.05 bits per heavy atom. The van der Waals surface area contributed by atoms with Crippen molar-refractivity contribution in [1.29, 1.82) is 0 Å². The zero-order chi connectivity index (χ0) is 13.2. The highest BCUT2D eigenvalue weighted by molar-refractivity contribution is 7.98. The molecule has 0 unspecified atom stereocenters. The predicted molar refractivity (Wildman–Crippen MR) is 75.3 cm³/mol. The zero-order valence-corrected chi connectivity index (χ0v) is 11.8. The third kappa shape index (κ3) is 2.87. The van der Waals surface area contributed by atoms with E-state index in [-0.39, 0.29) is 11.6 Å². The second-order valence-corrected chi connectivity index (χ2v) is 6.62. The number of aryl methyl sites for hydroxylation is 1. The molecule has 1 aromatic heterocycles. The number of aromatic nitrogens is 1. The van der Waals surface area contributed by atoms with Crippen LogP contribution < -0.4 is 0 Å². The summed E-state index contributed by atoms with van der Waals surface area (Å²) in [4.78, 5) is 18.3. The standard InChI is InChI=1S/C14H12FNOS2/c15-9-4-6-10(7-5-9)18-8-13-16-14-11(17)2-1-3-12(14)19-13/h4-7H,1-3,8H2. The first-order valence-electron chi connectivity index (χ1n) is 6.12. The van der Waals surface area contributed by atoms with Gasteiger partial charge in [-0.25, -0.2) is 9.37 Å². The molecule has 3 rings (SSSR count). The van der Waals surface area contributed by atoms with Crippen molar-refractivity contribution in [3.8, 4) is 0 Å². The second-order valence-electron chi connectivity index (χ2n) is 4.40. The normalized spacial score (nSPS) is 14.5. The fourth-order valence-electron chi connectivity index (χ4n) is 2.05. The van der Waals surface area contributed by atoms with Crippen LogP contribution in [0.2, 0.25) is 0 Å². The summed E-state index contributed by atoms with van der Waals surface area (Å²) in [5.74, 6) is 0.687. The van der Waals surface area contributed by atoms with Gasteiger partial charge in [0.15, 0.2) is 5.78 Å². The molecule has 0 atom stereocenters. The highest BCUT2D eigenvalue weighted by atomic mass is 32.2. The fourth-order valence-corrected chi connectivity index (χ4v) is 4.07. The lowest BCUT2D eigenvalue weighted by Gasteiger charge is -2.06.